The maximum absolute atomic E-state index is 12.3. The first-order chi connectivity index (χ1) is 11.9. The highest BCUT2D eigenvalue weighted by Gasteiger charge is 2.34. The second-order valence-corrected chi connectivity index (χ2v) is 7.36. The molecule has 2 rings (SSSR count). The van der Waals surface area contributed by atoms with Crippen LogP contribution in [0.15, 0.2) is 29.2 Å². The number of carbonyl (C=O) groups excluding carboxylic acids is 3. The number of anilines is 1. The van der Waals surface area contributed by atoms with Gasteiger partial charge in [-0.25, -0.2) is 4.79 Å². The number of hydrogen-bond acceptors (Lipinski definition) is 6. The Morgan fingerprint density at radius 2 is 2.08 bits per heavy atom. The van der Waals surface area contributed by atoms with E-state index in [1.165, 1.54) is 43.1 Å². The van der Waals surface area contributed by atoms with Crippen molar-refractivity contribution in [1.82, 2.24) is 5.32 Å². The number of thioether (sulfide) groups is 2. The van der Waals surface area contributed by atoms with Crippen LogP contribution in [-0.2, 0) is 19.1 Å². The van der Waals surface area contributed by atoms with Crippen molar-refractivity contribution in [3.8, 4) is 0 Å². The molecule has 2 N–H and O–H groups in total. The van der Waals surface area contributed by atoms with E-state index in [4.69, 9.17) is 0 Å². The molecule has 0 aromatic heterocycles. The van der Waals surface area contributed by atoms with Gasteiger partial charge in [-0.2, -0.15) is 8.78 Å². The summed E-state index contributed by atoms with van der Waals surface area (Å²) in [6, 6.07) is 5.29. The molecular weight excluding hydrogens is 374 g/mol. The van der Waals surface area contributed by atoms with Gasteiger partial charge in [0.1, 0.15) is 6.04 Å². The fraction of sp³-hybridized carbons (Fsp3) is 0.400. The predicted octanol–water partition coefficient (Wildman–Crippen LogP) is 2.10. The number of benzene rings is 1. The van der Waals surface area contributed by atoms with Gasteiger partial charge in [0, 0.05) is 22.8 Å². The summed E-state index contributed by atoms with van der Waals surface area (Å²) in [7, 11) is 1.24. The topological polar surface area (TPSA) is 84.5 Å². The molecule has 1 aliphatic heterocycles. The number of methoxy groups -OCH3 is 1. The Morgan fingerprint density at radius 1 is 1.40 bits per heavy atom. The molecule has 1 aromatic rings. The van der Waals surface area contributed by atoms with Crippen molar-refractivity contribution in [2.75, 3.05) is 18.2 Å². The standard InChI is InChI=1S/C15H16F2N2O4S2/c1-23-14(22)10-7-24-11(13(21)19-10)6-12(20)18-8-2-4-9(5-3-8)25-15(16)17/h2-5,10-11,15H,6-7H2,1H3,(H,18,20)(H,19,21)/t10-,11-/m0/s1. The minimum atomic E-state index is -2.50. The summed E-state index contributed by atoms with van der Waals surface area (Å²) in [4.78, 5) is 35.8. The Bertz CT molecular complexity index is 643. The van der Waals surface area contributed by atoms with Crippen LogP contribution in [0.3, 0.4) is 0 Å². The SMILES string of the molecule is COC(=O)[C@@H]1CS[C@@H](CC(=O)Nc2ccc(SC(F)F)cc2)C(=O)N1. The van der Waals surface area contributed by atoms with E-state index < -0.39 is 28.9 Å². The van der Waals surface area contributed by atoms with Crippen molar-refractivity contribution < 1.29 is 27.9 Å². The molecule has 0 radical (unpaired) electrons. The number of alkyl halides is 2. The van der Waals surface area contributed by atoms with Gasteiger partial charge in [0.25, 0.3) is 5.76 Å². The van der Waals surface area contributed by atoms with E-state index in [0.717, 1.165) is 0 Å². The van der Waals surface area contributed by atoms with E-state index in [2.05, 4.69) is 15.4 Å². The zero-order chi connectivity index (χ0) is 18.4. The van der Waals surface area contributed by atoms with Crippen LogP contribution in [0.2, 0.25) is 0 Å². The van der Waals surface area contributed by atoms with Crippen molar-refractivity contribution in [1.29, 1.82) is 0 Å². The molecule has 1 aromatic carbocycles. The first kappa shape index (κ1) is 19.5. The van der Waals surface area contributed by atoms with Crippen LogP contribution in [0, 0.1) is 0 Å². The monoisotopic (exact) mass is 390 g/mol. The molecule has 0 spiro atoms. The zero-order valence-electron chi connectivity index (χ0n) is 13.2. The van der Waals surface area contributed by atoms with Gasteiger partial charge in [0.2, 0.25) is 11.8 Å². The molecule has 0 saturated carbocycles. The lowest BCUT2D eigenvalue weighted by molar-refractivity contribution is -0.144. The van der Waals surface area contributed by atoms with Gasteiger partial charge < -0.3 is 15.4 Å². The van der Waals surface area contributed by atoms with Crippen molar-refractivity contribution in [3.63, 3.8) is 0 Å². The molecule has 1 aliphatic rings. The summed E-state index contributed by atoms with van der Waals surface area (Å²) in [5.74, 6) is -3.47. The van der Waals surface area contributed by atoms with Crippen LogP contribution < -0.4 is 10.6 Å². The van der Waals surface area contributed by atoms with Crippen molar-refractivity contribution >= 4 is 47.0 Å². The summed E-state index contributed by atoms with van der Waals surface area (Å²) in [5, 5.41) is 4.54. The fourth-order valence-corrected chi connectivity index (χ4v) is 3.75. The summed E-state index contributed by atoms with van der Waals surface area (Å²) >= 11 is 1.63. The van der Waals surface area contributed by atoms with Crippen LogP contribution in [0.1, 0.15) is 6.42 Å². The number of ether oxygens (including phenoxy) is 1. The number of hydrogen-bond donors (Lipinski definition) is 2. The molecule has 10 heteroatoms. The average molecular weight is 390 g/mol. The second-order valence-electron chi connectivity index (χ2n) is 5.06. The fourth-order valence-electron chi connectivity index (χ4n) is 2.12. The van der Waals surface area contributed by atoms with Crippen molar-refractivity contribution in [3.05, 3.63) is 24.3 Å². The number of halogens is 2. The van der Waals surface area contributed by atoms with Gasteiger partial charge >= 0.3 is 5.97 Å². The zero-order valence-corrected chi connectivity index (χ0v) is 14.8. The lowest BCUT2D eigenvalue weighted by Crippen LogP contribution is -2.51. The van der Waals surface area contributed by atoms with Gasteiger partial charge in [-0.15, -0.1) is 11.8 Å². The van der Waals surface area contributed by atoms with E-state index in [9.17, 15) is 23.2 Å². The number of amides is 2. The highest BCUT2D eigenvalue weighted by atomic mass is 32.2. The Kier molecular flexibility index (Phi) is 7.06. The molecule has 136 valence electrons. The van der Waals surface area contributed by atoms with Gasteiger partial charge in [0.15, 0.2) is 0 Å². The van der Waals surface area contributed by atoms with Gasteiger partial charge in [0.05, 0.1) is 12.4 Å². The van der Waals surface area contributed by atoms with Gasteiger partial charge in [-0.1, -0.05) is 11.8 Å². The van der Waals surface area contributed by atoms with Crippen LogP contribution >= 0.6 is 23.5 Å². The largest absolute Gasteiger partial charge is 0.467 e. The van der Waals surface area contributed by atoms with Crippen LogP contribution in [-0.4, -0.2) is 47.7 Å². The number of esters is 1. The molecule has 6 nitrogen and oxygen atoms in total. The Morgan fingerprint density at radius 3 is 2.64 bits per heavy atom. The maximum atomic E-state index is 12.3. The molecule has 0 bridgehead atoms. The van der Waals surface area contributed by atoms with Gasteiger partial charge in [-0.3, -0.25) is 9.59 Å². The molecule has 1 heterocycles. The lowest BCUT2D eigenvalue weighted by Gasteiger charge is -2.26. The minimum Gasteiger partial charge on any atom is -0.467 e. The minimum absolute atomic E-state index is 0.0576. The smallest absolute Gasteiger partial charge is 0.329 e. The molecule has 0 aliphatic carbocycles. The Balaban J connectivity index is 1.84. The van der Waals surface area contributed by atoms with Crippen molar-refractivity contribution in [2.24, 2.45) is 0 Å². The lowest BCUT2D eigenvalue weighted by atomic mass is 10.2. The van der Waals surface area contributed by atoms with Crippen LogP contribution in [0.4, 0.5) is 14.5 Å². The maximum Gasteiger partial charge on any atom is 0.329 e. The number of nitrogens with one attached hydrogen (secondary N) is 2. The average Bonchev–Trinajstić information content (AvgIpc) is 2.57. The first-order valence-electron chi connectivity index (χ1n) is 7.23. The number of rotatable bonds is 6. The van der Waals surface area contributed by atoms with Crippen LogP contribution in [0.25, 0.3) is 0 Å². The highest BCUT2D eigenvalue weighted by Crippen LogP contribution is 2.26. The van der Waals surface area contributed by atoms with Crippen LogP contribution in [0.5, 0.6) is 0 Å². The van der Waals surface area contributed by atoms with Crippen molar-refractivity contribution in [2.45, 2.75) is 28.4 Å². The summed E-state index contributed by atoms with van der Waals surface area (Å²) in [6.07, 6.45) is -0.0576. The molecule has 2 atom stereocenters. The second kappa shape index (κ2) is 9.04. The van der Waals surface area contributed by atoms with E-state index in [1.54, 1.807) is 0 Å². The third-order valence-electron chi connectivity index (χ3n) is 3.29. The Hall–Kier alpha value is -1.81. The summed E-state index contributed by atoms with van der Waals surface area (Å²) in [6.45, 7) is 0. The molecular formula is C15H16F2N2O4S2. The number of carbonyl (C=O) groups is 3. The van der Waals surface area contributed by atoms with E-state index in [1.807, 2.05) is 0 Å². The normalized spacial score (nSPS) is 20.1. The van der Waals surface area contributed by atoms with E-state index >= 15 is 0 Å². The highest BCUT2D eigenvalue weighted by molar-refractivity contribution is 8.00. The first-order valence-corrected chi connectivity index (χ1v) is 9.16. The molecule has 1 fully saturated rings. The summed E-state index contributed by atoms with van der Waals surface area (Å²) in [5.41, 5.74) is 0.456. The predicted molar refractivity (Wildman–Crippen MR) is 91.7 cm³/mol. The third kappa shape index (κ3) is 5.89. The summed E-state index contributed by atoms with van der Waals surface area (Å²) < 4.78 is 29.1. The van der Waals surface area contributed by atoms with E-state index in [0.29, 0.717) is 28.1 Å². The third-order valence-corrected chi connectivity index (χ3v) is 5.32. The molecule has 2 amide bonds. The van der Waals surface area contributed by atoms with Gasteiger partial charge in [-0.05, 0) is 24.3 Å². The Labute approximate surface area is 151 Å². The molecule has 0 unspecified atom stereocenters. The molecule has 1 saturated heterocycles. The quantitative estimate of drug-likeness (QED) is 0.572. The molecule has 25 heavy (non-hydrogen) atoms. The van der Waals surface area contributed by atoms with E-state index in [-0.39, 0.29) is 12.3 Å².